The topological polar surface area (TPSA) is 65.1 Å². The molecule has 0 fully saturated rings. The van der Waals surface area contributed by atoms with Crippen LogP contribution in [0.3, 0.4) is 0 Å². The fourth-order valence-electron chi connectivity index (χ4n) is 2.39. The van der Waals surface area contributed by atoms with Gasteiger partial charge in [-0.1, -0.05) is 30.3 Å². The van der Waals surface area contributed by atoms with E-state index >= 15 is 0 Å². The number of hydrogen-bond acceptors (Lipinski definition) is 2. The second kappa shape index (κ2) is 4.47. The van der Waals surface area contributed by atoms with Crippen LogP contribution in [0.4, 0.5) is 0 Å². The van der Waals surface area contributed by atoms with Gasteiger partial charge in [0.05, 0.1) is 4.90 Å². The Morgan fingerprint density at radius 2 is 1.70 bits per heavy atom. The van der Waals surface area contributed by atoms with Crippen LogP contribution in [-0.2, 0) is 17.1 Å². The summed E-state index contributed by atoms with van der Waals surface area (Å²) in [6, 6.07) is 16.9. The zero-order chi connectivity index (χ0) is 14.3. The van der Waals surface area contributed by atoms with Gasteiger partial charge in [0.2, 0.25) is 10.0 Å². The van der Waals surface area contributed by atoms with Crippen LogP contribution in [0.15, 0.2) is 59.5 Å². The van der Waals surface area contributed by atoms with Crippen molar-refractivity contribution in [1.82, 2.24) is 4.57 Å². The van der Waals surface area contributed by atoms with Crippen LogP contribution in [0.1, 0.15) is 0 Å². The van der Waals surface area contributed by atoms with Crippen molar-refractivity contribution in [3.63, 3.8) is 0 Å². The first-order valence-corrected chi connectivity index (χ1v) is 7.69. The fraction of sp³-hybridized carbons (Fsp3) is 0.0667. The third-order valence-electron chi connectivity index (χ3n) is 3.41. The second-order valence-electron chi connectivity index (χ2n) is 4.72. The number of nitrogens with two attached hydrogens (primary N) is 1. The molecular weight excluding hydrogens is 272 g/mol. The lowest BCUT2D eigenvalue weighted by Crippen LogP contribution is -2.11. The Hall–Kier alpha value is -2.11. The summed E-state index contributed by atoms with van der Waals surface area (Å²) < 4.78 is 24.9. The lowest BCUT2D eigenvalue weighted by Gasteiger charge is -2.04. The van der Waals surface area contributed by atoms with E-state index in [0.29, 0.717) is 0 Å². The number of aromatic nitrogens is 1. The number of hydrogen-bond donors (Lipinski definition) is 1. The van der Waals surface area contributed by atoms with E-state index in [9.17, 15) is 8.42 Å². The smallest absolute Gasteiger partial charge is 0.238 e. The third kappa shape index (κ3) is 2.11. The van der Waals surface area contributed by atoms with Crippen LogP contribution < -0.4 is 5.14 Å². The highest BCUT2D eigenvalue weighted by atomic mass is 32.2. The Morgan fingerprint density at radius 3 is 2.35 bits per heavy atom. The van der Waals surface area contributed by atoms with Gasteiger partial charge in [-0.25, -0.2) is 13.6 Å². The van der Waals surface area contributed by atoms with Crippen molar-refractivity contribution in [2.24, 2.45) is 12.2 Å². The summed E-state index contributed by atoms with van der Waals surface area (Å²) in [7, 11) is -1.71. The molecule has 102 valence electrons. The first-order valence-electron chi connectivity index (χ1n) is 6.14. The zero-order valence-electron chi connectivity index (χ0n) is 10.9. The van der Waals surface area contributed by atoms with Gasteiger partial charge in [0.1, 0.15) is 0 Å². The Bertz CT molecular complexity index is 881. The molecule has 2 aromatic carbocycles. The maximum Gasteiger partial charge on any atom is 0.238 e. The molecule has 0 amide bonds. The van der Waals surface area contributed by atoms with E-state index in [0.717, 1.165) is 22.2 Å². The minimum atomic E-state index is -3.67. The molecule has 3 aromatic rings. The van der Waals surface area contributed by atoms with Crippen molar-refractivity contribution in [3.8, 4) is 11.3 Å². The number of benzene rings is 2. The highest BCUT2D eigenvalue weighted by molar-refractivity contribution is 7.89. The molecule has 20 heavy (non-hydrogen) atoms. The lowest BCUT2D eigenvalue weighted by atomic mass is 10.1. The summed E-state index contributed by atoms with van der Waals surface area (Å²) in [5.41, 5.74) is 3.09. The van der Waals surface area contributed by atoms with Gasteiger partial charge in [0.15, 0.2) is 0 Å². The molecule has 4 nitrogen and oxygen atoms in total. The molecule has 1 aromatic heterocycles. The Morgan fingerprint density at radius 1 is 1.00 bits per heavy atom. The molecule has 0 spiro atoms. The number of aryl methyl sites for hydroxylation is 1. The van der Waals surface area contributed by atoms with Crippen LogP contribution in [0.5, 0.6) is 0 Å². The average molecular weight is 286 g/mol. The van der Waals surface area contributed by atoms with Crippen molar-refractivity contribution < 1.29 is 8.42 Å². The Labute approximate surface area is 117 Å². The highest BCUT2D eigenvalue weighted by Crippen LogP contribution is 2.28. The normalized spacial score (nSPS) is 11.9. The molecule has 0 saturated carbocycles. The molecule has 3 rings (SSSR count). The van der Waals surface area contributed by atoms with Crippen LogP contribution in [0, 0.1) is 0 Å². The maximum atomic E-state index is 11.4. The number of primary sulfonamides is 1. The van der Waals surface area contributed by atoms with Crippen LogP contribution in [0.25, 0.3) is 22.2 Å². The molecule has 0 aliphatic heterocycles. The van der Waals surface area contributed by atoms with Gasteiger partial charge in [-0.15, -0.1) is 0 Å². The van der Waals surface area contributed by atoms with E-state index in [1.54, 1.807) is 12.1 Å². The molecule has 0 aliphatic rings. The largest absolute Gasteiger partial charge is 0.344 e. The summed E-state index contributed by atoms with van der Waals surface area (Å²) in [6.07, 6.45) is 0. The number of rotatable bonds is 2. The number of nitrogens with zero attached hydrogens (tertiary/aromatic N) is 1. The number of fused-ring (bicyclic) bond motifs is 1. The van der Waals surface area contributed by atoms with Crippen molar-refractivity contribution >= 4 is 20.9 Å². The molecule has 1 heterocycles. The summed E-state index contributed by atoms with van der Waals surface area (Å²) >= 11 is 0. The monoisotopic (exact) mass is 286 g/mol. The summed E-state index contributed by atoms with van der Waals surface area (Å²) in [6.45, 7) is 0. The molecule has 0 atom stereocenters. The van der Waals surface area contributed by atoms with E-state index in [2.05, 4.69) is 0 Å². The van der Waals surface area contributed by atoms with Gasteiger partial charge in [0, 0.05) is 23.6 Å². The zero-order valence-corrected chi connectivity index (χ0v) is 11.8. The molecule has 0 unspecified atom stereocenters. The Kier molecular flexibility index (Phi) is 2.88. The molecule has 0 bridgehead atoms. The van der Waals surface area contributed by atoms with Gasteiger partial charge in [-0.2, -0.15) is 0 Å². The molecule has 0 radical (unpaired) electrons. The van der Waals surface area contributed by atoms with Crippen molar-refractivity contribution in [3.05, 3.63) is 54.6 Å². The summed E-state index contributed by atoms with van der Waals surface area (Å²) in [5.74, 6) is 0. The van der Waals surface area contributed by atoms with Crippen LogP contribution in [0.2, 0.25) is 0 Å². The van der Waals surface area contributed by atoms with E-state index in [4.69, 9.17) is 5.14 Å². The summed E-state index contributed by atoms with van der Waals surface area (Å²) in [4.78, 5) is 0.134. The van der Waals surface area contributed by atoms with E-state index in [1.807, 2.05) is 48.0 Å². The molecule has 0 aliphatic carbocycles. The molecule has 2 N–H and O–H groups in total. The van der Waals surface area contributed by atoms with Crippen molar-refractivity contribution in [2.75, 3.05) is 0 Å². The minimum absolute atomic E-state index is 0.134. The van der Waals surface area contributed by atoms with Gasteiger partial charge >= 0.3 is 0 Å². The summed E-state index contributed by atoms with van der Waals surface area (Å²) in [5, 5.41) is 6.03. The van der Waals surface area contributed by atoms with Gasteiger partial charge in [0.25, 0.3) is 0 Å². The van der Waals surface area contributed by atoms with Crippen molar-refractivity contribution in [2.45, 2.75) is 4.90 Å². The van der Waals surface area contributed by atoms with Gasteiger partial charge in [-0.3, -0.25) is 0 Å². The van der Waals surface area contributed by atoms with E-state index in [-0.39, 0.29) is 4.90 Å². The van der Waals surface area contributed by atoms with Gasteiger partial charge < -0.3 is 4.57 Å². The van der Waals surface area contributed by atoms with Crippen molar-refractivity contribution in [1.29, 1.82) is 0 Å². The standard InChI is InChI=1S/C15H14N2O2S/c1-17-14-8-7-13(20(16,18)19)9-12(14)10-15(17)11-5-3-2-4-6-11/h2-10H,1H3,(H2,16,18,19). The third-order valence-corrected chi connectivity index (χ3v) is 4.32. The predicted molar refractivity (Wildman–Crippen MR) is 79.7 cm³/mol. The maximum absolute atomic E-state index is 11.4. The number of sulfonamides is 1. The predicted octanol–water partition coefficient (Wildman–Crippen LogP) is 2.49. The highest BCUT2D eigenvalue weighted by Gasteiger charge is 2.12. The first kappa shape index (κ1) is 12.9. The van der Waals surface area contributed by atoms with Crippen LogP contribution in [-0.4, -0.2) is 13.0 Å². The first-order chi connectivity index (χ1) is 9.47. The van der Waals surface area contributed by atoms with E-state index < -0.39 is 10.0 Å². The molecular formula is C15H14N2O2S. The second-order valence-corrected chi connectivity index (χ2v) is 6.28. The minimum Gasteiger partial charge on any atom is -0.344 e. The average Bonchev–Trinajstić information content (AvgIpc) is 2.76. The SMILES string of the molecule is Cn1c(-c2ccccc2)cc2cc(S(N)(=O)=O)ccc21. The fourth-order valence-corrected chi connectivity index (χ4v) is 2.94. The quantitative estimate of drug-likeness (QED) is 0.786. The lowest BCUT2D eigenvalue weighted by molar-refractivity contribution is 0.598. The Balaban J connectivity index is 2.25. The molecule has 5 heteroatoms. The van der Waals surface area contributed by atoms with Crippen LogP contribution >= 0.6 is 0 Å². The van der Waals surface area contributed by atoms with E-state index in [1.165, 1.54) is 6.07 Å². The molecule has 0 saturated heterocycles. The van der Waals surface area contributed by atoms with Gasteiger partial charge in [-0.05, 0) is 29.8 Å².